The molecule has 0 aliphatic carbocycles. The van der Waals surface area contributed by atoms with Gasteiger partial charge in [0.25, 0.3) is 0 Å². The molecular formula is C18H25N2P. The van der Waals surface area contributed by atoms with Gasteiger partial charge in [-0.05, 0) is 23.8 Å². The van der Waals surface area contributed by atoms with Gasteiger partial charge >= 0.3 is 0 Å². The molecule has 0 saturated carbocycles. The fourth-order valence-corrected chi connectivity index (χ4v) is 2.57. The van der Waals surface area contributed by atoms with Gasteiger partial charge in [-0.1, -0.05) is 60.7 Å². The largest absolute Gasteiger partial charge is 0.315 e. The second-order valence-corrected chi connectivity index (χ2v) is 5.80. The molecule has 3 heteroatoms. The Kier molecular flexibility index (Phi) is 7.45. The summed E-state index contributed by atoms with van der Waals surface area (Å²) in [6.07, 6.45) is 1.11. The first-order valence-corrected chi connectivity index (χ1v) is 8.41. The zero-order valence-corrected chi connectivity index (χ0v) is 13.7. The first kappa shape index (κ1) is 16.2. The van der Waals surface area contributed by atoms with E-state index in [1.165, 1.54) is 11.1 Å². The van der Waals surface area contributed by atoms with Crippen LogP contribution in [0.3, 0.4) is 0 Å². The maximum atomic E-state index is 3.47. The molecule has 1 unspecified atom stereocenters. The maximum absolute atomic E-state index is 3.47. The van der Waals surface area contributed by atoms with Crippen LogP contribution in [0.1, 0.15) is 11.1 Å². The molecule has 0 saturated heterocycles. The van der Waals surface area contributed by atoms with Gasteiger partial charge in [-0.3, -0.25) is 4.90 Å². The molecular weight excluding hydrogens is 275 g/mol. The summed E-state index contributed by atoms with van der Waals surface area (Å²) in [5, 5.41) is 3.47. The van der Waals surface area contributed by atoms with Crippen molar-refractivity contribution in [1.29, 1.82) is 0 Å². The van der Waals surface area contributed by atoms with Crippen LogP contribution >= 0.6 is 9.24 Å². The molecule has 0 heterocycles. The third kappa shape index (κ3) is 6.39. The first-order chi connectivity index (χ1) is 10.4. The predicted molar refractivity (Wildman–Crippen MR) is 94.4 cm³/mol. The number of benzene rings is 2. The van der Waals surface area contributed by atoms with Crippen LogP contribution in [-0.2, 0) is 13.1 Å². The first-order valence-electron chi connectivity index (χ1n) is 7.59. The molecule has 1 N–H and O–H groups in total. The Bertz CT molecular complexity index is 446. The molecule has 0 spiro atoms. The lowest BCUT2D eigenvalue weighted by Crippen LogP contribution is -2.32. The van der Waals surface area contributed by atoms with Crippen LogP contribution in [0.5, 0.6) is 0 Å². The lowest BCUT2D eigenvalue weighted by Gasteiger charge is -2.23. The van der Waals surface area contributed by atoms with Crippen LogP contribution in [0.2, 0.25) is 0 Å². The number of nitrogens with one attached hydrogen (secondary N) is 1. The minimum atomic E-state index is 0.998. The van der Waals surface area contributed by atoms with E-state index < -0.39 is 0 Å². The minimum Gasteiger partial charge on any atom is -0.315 e. The Morgan fingerprint density at radius 2 is 1.29 bits per heavy atom. The van der Waals surface area contributed by atoms with Crippen LogP contribution in [-0.4, -0.2) is 30.7 Å². The van der Waals surface area contributed by atoms with Crippen molar-refractivity contribution in [3.8, 4) is 0 Å². The molecule has 0 aromatic heterocycles. The van der Waals surface area contributed by atoms with Gasteiger partial charge in [0, 0.05) is 26.2 Å². The van der Waals surface area contributed by atoms with Crippen molar-refractivity contribution in [3.63, 3.8) is 0 Å². The molecule has 2 nitrogen and oxygen atoms in total. The molecule has 2 rings (SSSR count). The van der Waals surface area contributed by atoms with E-state index in [1.54, 1.807) is 0 Å². The second-order valence-electron chi connectivity index (χ2n) is 5.22. The summed E-state index contributed by atoms with van der Waals surface area (Å²) in [6.45, 7) is 5.16. The van der Waals surface area contributed by atoms with Crippen molar-refractivity contribution < 1.29 is 0 Å². The smallest absolute Gasteiger partial charge is 0.0237 e. The summed E-state index contributed by atoms with van der Waals surface area (Å²) in [6, 6.07) is 21.4. The Labute approximate surface area is 130 Å². The number of hydrogen-bond donors (Lipinski definition) is 1. The van der Waals surface area contributed by atoms with Crippen LogP contribution in [0.25, 0.3) is 0 Å². The molecule has 112 valence electrons. The zero-order chi connectivity index (χ0) is 14.8. The molecule has 0 bridgehead atoms. The van der Waals surface area contributed by atoms with Crippen molar-refractivity contribution in [3.05, 3.63) is 71.8 Å². The summed E-state index contributed by atoms with van der Waals surface area (Å²) in [4.78, 5) is 2.50. The normalized spacial score (nSPS) is 11.0. The average Bonchev–Trinajstić information content (AvgIpc) is 2.53. The highest BCUT2D eigenvalue weighted by Gasteiger charge is 2.06. The van der Waals surface area contributed by atoms with Crippen molar-refractivity contribution in [2.45, 2.75) is 13.1 Å². The highest BCUT2D eigenvalue weighted by molar-refractivity contribution is 7.16. The van der Waals surface area contributed by atoms with Crippen molar-refractivity contribution >= 4 is 9.24 Å². The van der Waals surface area contributed by atoms with Crippen molar-refractivity contribution in [2.75, 3.05) is 25.8 Å². The lowest BCUT2D eigenvalue weighted by atomic mass is 10.1. The second kappa shape index (κ2) is 9.68. The van der Waals surface area contributed by atoms with Gasteiger partial charge in [-0.15, -0.1) is 9.24 Å². The fourth-order valence-electron chi connectivity index (χ4n) is 2.36. The monoisotopic (exact) mass is 300 g/mol. The Balaban J connectivity index is 1.93. The van der Waals surface area contributed by atoms with Gasteiger partial charge in [0.1, 0.15) is 0 Å². The molecule has 21 heavy (non-hydrogen) atoms. The van der Waals surface area contributed by atoms with Gasteiger partial charge in [0.2, 0.25) is 0 Å². The molecule has 0 fully saturated rings. The number of rotatable bonds is 9. The SMILES string of the molecule is PCCNCCN(Cc1ccccc1)Cc1ccccc1. The maximum Gasteiger partial charge on any atom is 0.0237 e. The summed E-state index contributed by atoms with van der Waals surface area (Å²) >= 11 is 0. The average molecular weight is 300 g/mol. The van der Waals surface area contributed by atoms with E-state index in [2.05, 4.69) is 80.1 Å². The highest BCUT2D eigenvalue weighted by atomic mass is 31.0. The van der Waals surface area contributed by atoms with E-state index in [-0.39, 0.29) is 0 Å². The van der Waals surface area contributed by atoms with Crippen molar-refractivity contribution in [2.24, 2.45) is 0 Å². The van der Waals surface area contributed by atoms with Gasteiger partial charge in [-0.25, -0.2) is 0 Å². The molecule has 0 amide bonds. The molecule has 2 aromatic carbocycles. The molecule has 2 aromatic rings. The third-order valence-corrected chi connectivity index (χ3v) is 3.71. The van der Waals surface area contributed by atoms with Crippen LogP contribution in [0.15, 0.2) is 60.7 Å². The van der Waals surface area contributed by atoms with Gasteiger partial charge in [-0.2, -0.15) is 0 Å². The van der Waals surface area contributed by atoms with E-state index in [0.29, 0.717) is 0 Å². The van der Waals surface area contributed by atoms with Gasteiger partial charge < -0.3 is 5.32 Å². The van der Waals surface area contributed by atoms with E-state index in [0.717, 1.165) is 38.9 Å². The van der Waals surface area contributed by atoms with Crippen LogP contribution in [0.4, 0.5) is 0 Å². The Morgan fingerprint density at radius 3 is 1.76 bits per heavy atom. The van der Waals surface area contributed by atoms with E-state index >= 15 is 0 Å². The lowest BCUT2D eigenvalue weighted by molar-refractivity contribution is 0.257. The van der Waals surface area contributed by atoms with Gasteiger partial charge in [0.05, 0.1) is 0 Å². The summed E-state index contributed by atoms with van der Waals surface area (Å²) in [7, 11) is 2.76. The minimum absolute atomic E-state index is 0.998. The van der Waals surface area contributed by atoms with Crippen molar-refractivity contribution in [1.82, 2.24) is 10.2 Å². The summed E-state index contributed by atoms with van der Waals surface area (Å²) < 4.78 is 0. The molecule has 1 atom stereocenters. The van der Waals surface area contributed by atoms with E-state index in [4.69, 9.17) is 0 Å². The van der Waals surface area contributed by atoms with Crippen LogP contribution < -0.4 is 5.32 Å². The quantitative estimate of drug-likeness (QED) is 0.565. The number of hydrogen-bond acceptors (Lipinski definition) is 2. The molecule has 0 aliphatic rings. The third-order valence-electron chi connectivity index (χ3n) is 3.42. The number of nitrogens with zero attached hydrogens (tertiary/aromatic N) is 1. The Morgan fingerprint density at radius 1 is 0.762 bits per heavy atom. The Hall–Kier alpha value is -1.21. The highest BCUT2D eigenvalue weighted by Crippen LogP contribution is 2.09. The topological polar surface area (TPSA) is 15.3 Å². The van der Waals surface area contributed by atoms with E-state index in [9.17, 15) is 0 Å². The summed E-state index contributed by atoms with van der Waals surface area (Å²) in [5.41, 5.74) is 2.75. The standard InChI is InChI=1S/C18H25N2P/c21-14-12-19-11-13-20(15-17-7-3-1-4-8-17)16-18-9-5-2-6-10-18/h1-10,19H,11-16,21H2. The zero-order valence-electron chi connectivity index (χ0n) is 12.5. The van der Waals surface area contributed by atoms with Gasteiger partial charge in [0.15, 0.2) is 0 Å². The van der Waals surface area contributed by atoms with Crippen LogP contribution in [0, 0.1) is 0 Å². The summed E-state index contributed by atoms with van der Waals surface area (Å²) in [5.74, 6) is 0. The molecule has 0 radical (unpaired) electrons. The van der Waals surface area contributed by atoms with E-state index in [1.807, 2.05) is 0 Å². The predicted octanol–water partition coefficient (Wildman–Crippen LogP) is 3.15. The fraction of sp³-hybridized carbons (Fsp3) is 0.333. The molecule has 0 aliphatic heterocycles.